The third kappa shape index (κ3) is 7.16. The van der Waals surface area contributed by atoms with Gasteiger partial charge < -0.3 is 23.6 Å². The fourth-order valence-electron chi connectivity index (χ4n) is 5.72. The number of aldehydes is 1. The molecule has 0 aliphatic heterocycles. The van der Waals surface area contributed by atoms with Crippen LogP contribution in [0.1, 0.15) is 65.1 Å². The number of nitrogens with zero attached hydrogens (tertiary/aromatic N) is 1. The summed E-state index contributed by atoms with van der Waals surface area (Å²) >= 11 is 0. The molecule has 0 aliphatic rings. The number of hydrogen-bond donors (Lipinski definition) is 1. The number of carbonyl (C=O) groups is 2. The van der Waals surface area contributed by atoms with Crippen molar-refractivity contribution in [3.8, 4) is 22.6 Å². The van der Waals surface area contributed by atoms with E-state index in [0.717, 1.165) is 45.0 Å². The number of carbonyl (C=O) groups excluding carboxylic acids is 2. The van der Waals surface area contributed by atoms with Crippen molar-refractivity contribution in [3.05, 3.63) is 118 Å². The van der Waals surface area contributed by atoms with Crippen LogP contribution in [-0.4, -0.2) is 36.6 Å². The third-order valence-corrected chi connectivity index (χ3v) is 8.25. The molecule has 7 heteroatoms. The fraction of sp³-hybridized carbons (Fsp3) is 0.282. The Hall–Kier alpha value is -4.88. The summed E-state index contributed by atoms with van der Waals surface area (Å²) in [7, 11) is 3.24. The molecule has 0 radical (unpaired) electrons. The van der Waals surface area contributed by atoms with Crippen molar-refractivity contribution in [1.82, 2.24) is 9.88 Å². The maximum absolute atomic E-state index is 12.9. The number of fused-ring (bicyclic) bond motifs is 1. The summed E-state index contributed by atoms with van der Waals surface area (Å²) in [5.41, 5.74) is 8.26. The highest BCUT2D eigenvalue weighted by atomic mass is 16.6. The van der Waals surface area contributed by atoms with Gasteiger partial charge in [0.05, 0.1) is 25.8 Å². The number of aryl methyl sites for hydroxylation is 1. The lowest BCUT2D eigenvalue weighted by atomic mass is 9.98. The number of aromatic nitrogens is 1. The highest BCUT2D eigenvalue weighted by Crippen LogP contribution is 2.31. The Labute approximate surface area is 271 Å². The van der Waals surface area contributed by atoms with E-state index in [4.69, 9.17) is 14.2 Å². The minimum atomic E-state index is -0.569. The van der Waals surface area contributed by atoms with Gasteiger partial charge in [0, 0.05) is 35.8 Å². The van der Waals surface area contributed by atoms with Gasteiger partial charge in [-0.15, -0.1) is 0 Å². The van der Waals surface area contributed by atoms with Crippen molar-refractivity contribution in [3.63, 3.8) is 0 Å². The van der Waals surface area contributed by atoms with Gasteiger partial charge in [0.1, 0.15) is 23.4 Å². The molecule has 0 bridgehead atoms. The normalized spacial score (nSPS) is 12.2. The summed E-state index contributed by atoms with van der Waals surface area (Å²) in [5, 5.41) is 4.50. The zero-order chi connectivity index (χ0) is 33.0. The Morgan fingerprint density at radius 2 is 1.54 bits per heavy atom. The summed E-state index contributed by atoms with van der Waals surface area (Å²) in [6, 6.07) is 27.3. The largest absolute Gasteiger partial charge is 0.497 e. The topological polar surface area (TPSA) is 78.8 Å². The van der Waals surface area contributed by atoms with Gasteiger partial charge in [-0.1, -0.05) is 48.5 Å². The van der Waals surface area contributed by atoms with Crippen LogP contribution >= 0.6 is 0 Å². The first-order valence-corrected chi connectivity index (χ1v) is 15.4. The monoisotopic (exact) mass is 618 g/mol. The Morgan fingerprint density at radius 3 is 2.17 bits per heavy atom. The van der Waals surface area contributed by atoms with Gasteiger partial charge in [0.15, 0.2) is 0 Å². The third-order valence-electron chi connectivity index (χ3n) is 8.25. The maximum Gasteiger partial charge on any atom is 0.339 e. The van der Waals surface area contributed by atoms with E-state index in [0.29, 0.717) is 30.2 Å². The van der Waals surface area contributed by atoms with Gasteiger partial charge in [-0.25, -0.2) is 4.79 Å². The molecule has 0 saturated carbocycles. The Kier molecular flexibility index (Phi) is 9.63. The average molecular weight is 619 g/mol. The first-order chi connectivity index (χ1) is 22.0. The van der Waals surface area contributed by atoms with E-state index in [-0.39, 0.29) is 5.97 Å². The van der Waals surface area contributed by atoms with E-state index in [1.165, 1.54) is 11.3 Å². The fourth-order valence-corrected chi connectivity index (χ4v) is 5.72. The quantitative estimate of drug-likeness (QED) is 0.119. The van der Waals surface area contributed by atoms with E-state index in [1.807, 2.05) is 69.3 Å². The molecule has 0 saturated heterocycles. The van der Waals surface area contributed by atoms with Gasteiger partial charge in [0.25, 0.3) is 0 Å². The molecule has 5 rings (SSSR count). The number of benzene rings is 4. The average Bonchev–Trinajstić information content (AvgIpc) is 3.28. The SMILES string of the molecule is COc1cc(CNC(C=O)c2ccc3c(c2)c(C)c(C)n3Cc2ccc(-c3ccccc3C(=O)OC(C)(C)C)cc2)cc(OC)c1. The second-order valence-electron chi connectivity index (χ2n) is 12.5. The lowest BCUT2D eigenvalue weighted by Gasteiger charge is -2.20. The molecule has 1 N–H and O–H groups in total. The number of nitrogens with one attached hydrogen (secondary N) is 1. The Bertz CT molecular complexity index is 1840. The molecule has 4 aromatic carbocycles. The van der Waals surface area contributed by atoms with Crippen LogP contribution in [-0.2, 0) is 22.6 Å². The van der Waals surface area contributed by atoms with Gasteiger partial charge in [-0.05, 0) is 98.3 Å². The second-order valence-corrected chi connectivity index (χ2v) is 12.5. The first kappa shape index (κ1) is 32.5. The Balaban J connectivity index is 1.36. The number of rotatable bonds is 11. The molecule has 1 atom stereocenters. The molecule has 5 aromatic rings. The van der Waals surface area contributed by atoms with Crippen LogP contribution in [0.4, 0.5) is 0 Å². The van der Waals surface area contributed by atoms with Crippen molar-refractivity contribution in [2.75, 3.05) is 14.2 Å². The summed E-state index contributed by atoms with van der Waals surface area (Å²) in [6.45, 7) is 11.0. The van der Waals surface area contributed by atoms with E-state index in [2.05, 4.69) is 60.1 Å². The van der Waals surface area contributed by atoms with Crippen LogP contribution in [0, 0.1) is 13.8 Å². The van der Waals surface area contributed by atoms with E-state index in [9.17, 15) is 9.59 Å². The highest BCUT2D eigenvalue weighted by molar-refractivity contribution is 5.97. The first-order valence-electron chi connectivity index (χ1n) is 15.4. The molecular formula is C39H42N2O5. The zero-order valence-electron chi connectivity index (χ0n) is 27.6. The van der Waals surface area contributed by atoms with E-state index < -0.39 is 11.6 Å². The van der Waals surface area contributed by atoms with Gasteiger partial charge >= 0.3 is 5.97 Å². The standard InChI is InChI=1S/C39H42N2O5/c1-25-26(2)41(23-27-12-14-29(15-13-27)33-10-8-9-11-34(33)38(43)46-39(3,4)5)37-17-16-30(20-35(25)37)36(24-42)40-22-28-18-31(44-6)21-32(19-28)45-7/h8-21,24,36,40H,22-23H2,1-7H3. The van der Waals surface area contributed by atoms with E-state index >= 15 is 0 Å². The molecule has 0 fully saturated rings. The van der Waals surface area contributed by atoms with E-state index in [1.54, 1.807) is 14.2 Å². The van der Waals surface area contributed by atoms with Crippen molar-refractivity contribution in [2.45, 2.75) is 59.4 Å². The van der Waals surface area contributed by atoms with Crippen LogP contribution in [0.25, 0.3) is 22.0 Å². The van der Waals surface area contributed by atoms with Gasteiger partial charge in [-0.3, -0.25) is 5.32 Å². The van der Waals surface area contributed by atoms with Crippen LogP contribution in [0.5, 0.6) is 11.5 Å². The molecule has 7 nitrogen and oxygen atoms in total. The molecule has 0 amide bonds. The van der Waals surface area contributed by atoms with Crippen LogP contribution in [0.3, 0.4) is 0 Å². The number of hydrogen-bond acceptors (Lipinski definition) is 6. The molecule has 0 aliphatic carbocycles. The summed E-state index contributed by atoms with van der Waals surface area (Å²) in [4.78, 5) is 25.1. The van der Waals surface area contributed by atoms with Crippen LogP contribution in [0.15, 0.2) is 84.9 Å². The van der Waals surface area contributed by atoms with Crippen molar-refractivity contribution in [1.29, 1.82) is 0 Å². The Morgan fingerprint density at radius 1 is 0.870 bits per heavy atom. The summed E-state index contributed by atoms with van der Waals surface area (Å²) in [5.74, 6) is 1.07. The lowest BCUT2D eigenvalue weighted by Crippen LogP contribution is -2.24. The predicted octanol–water partition coefficient (Wildman–Crippen LogP) is 7.98. The molecule has 1 heterocycles. The minimum absolute atomic E-state index is 0.330. The van der Waals surface area contributed by atoms with Crippen LogP contribution in [0.2, 0.25) is 0 Å². The smallest absolute Gasteiger partial charge is 0.339 e. The van der Waals surface area contributed by atoms with Crippen molar-refractivity contribution in [2.24, 2.45) is 0 Å². The van der Waals surface area contributed by atoms with Gasteiger partial charge in [0.2, 0.25) is 0 Å². The van der Waals surface area contributed by atoms with Crippen molar-refractivity contribution >= 4 is 23.2 Å². The highest BCUT2D eigenvalue weighted by Gasteiger charge is 2.21. The van der Waals surface area contributed by atoms with Crippen LogP contribution < -0.4 is 14.8 Å². The summed E-state index contributed by atoms with van der Waals surface area (Å²) in [6.07, 6.45) is 0.945. The molecule has 0 spiro atoms. The predicted molar refractivity (Wildman–Crippen MR) is 183 cm³/mol. The van der Waals surface area contributed by atoms with Gasteiger partial charge in [-0.2, -0.15) is 0 Å². The number of esters is 1. The minimum Gasteiger partial charge on any atom is -0.497 e. The summed E-state index contributed by atoms with van der Waals surface area (Å²) < 4.78 is 18.7. The zero-order valence-corrected chi connectivity index (χ0v) is 27.6. The molecular weight excluding hydrogens is 576 g/mol. The maximum atomic E-state index is 12.9. The molecule has 238 valence electrons. The molecule has 1 unspecified atom stereocenters. The molecule has 46 heavy (non-hydrogen) atoms. The second kappa shape index (κ2) is 13.6. The number of methoxy groups -OCH3 is 2. The molecule has 1 aromatic heterocycles. The number of ether oxygens (including phenoxy) is 3. The lowest BCUT2D eigenvalue weighted by molar-refractivity contribution is -0.109. The van der Waals surface area contributed by atoms with Crippen molar-refractivity contribution < 1.29 is 23.8 Å².